The van der Waals surface area contributed by atoms with E-state index < -0.39 is 0 Å². The molecule has 21 heavy (non-hydrogen) atoms. The number of carbonyl (C=O) groups is 1. The van der Waals surface area contributed by atoms with Gasteiger partial charge in [0, 0.05) is 12.6 Å². The molecular formula is C18H19NO2. The Hall–Kier alpha value is -2.55. The van der Waals surface area contributed by atoms with Crippen LogP contribution >= 0.6 is 0 Å². The number of hydrogen-bond acceptors (Lipinski definition) is 2. The highest BCUT2D eigenvalue weighted by molar-refractivity contribution is 5.84. The van der Waals surface area contributed by atoms with Crippen molar-refractivity contribution < 1.29 is 9.53 Å². The SMILES string of the molecule is C=C(c1ccc(OC)cc1)N(Cc1ccccc1)C(C)=O. The number of nitrogens with zero attached hydrogens (tertiary/aromatic N) is 1. The summed E-state index contributed by atoms with van der Waals surface area (Å²) in [4.78, 5) is 13.6. The smallest absolute Gasteiger partial charge is 0.224 e. The van der Waals surface area contributed by atoms with Gasteiger partial charge in [-0.2, -0.15) is 0 Å². The van der Waals surface area contributed by atoms with Gasteiger partial charge in [0.25, 0.3) is 0 Å². The predicted molar refractivity (Wildman–Crippen MR) is 84.7 cm³/mol. The van der Waals surface area contributed by atoms with Gasteiger partial charge in [-0.15, -0.1) is 0 Å². The van der Waals surface area contributed by atoms with Gasteiger partial charge in [0.05, 0.1) is 13.7 Å². The van der Waals surface area contributed by atoms with Crippen LogP contribution in [0.4, 0.5) is 0 Å². The molecule has 3 heteroatoms. The van der Waals surface area contributed by atoms with Crippen molar-refractivity contribution in [3.63, 3.8) is 0 Å². The fraction of sp³-hybridized carbons (Fsp3) is 0.167. The summed E-state index contributed by atoms with van der Waals surface area (Å²) < 4.78 is 5.14. The number of methoxy groups -OCH3 is 1. The lowest BCUT2D eigenvalue weighted by Gasteiger charge is -2.24. The van der Waals surface area contributed by atoms with Crippen LogP contribution < -0.4 is 4.74 Å². The van der Waals surface area contributed by atoms with Crippen molar-refractivity contribution >= 4 is 11.6 Å². The van der Waals surface area contributed by atoms with Gasteiger partial charge in [0.1, 0.15) is 5.75 Å². The maximum Gasteiger partial charge on any atom is 0.224 e. The third kappa shape index (κ3) is 3.72. The Morgan fingerprint density at radius 3 is 2.24 bits per heavy atom. The number of rotatable bonds is 5. The van der Waals surface area contributed by atoms with Gasteiger partial charge in [-0.25, -0.2) is 0 Å². The third-order valence-electron chi connectivity index (χ3n) is 3.31. The molecule has 0 radical (unpaired) electrons. The Bertz CT molecular complexity index is 617. The van der Waals surface area contributed by atoms with Crippen molar-refractivity contribution in [2.24, 2.45) is 0 Å². The largest absolute Gasteiger partial charge is 0.497 e. The van der Waals surface area contributed by atoms with Gasteiger partial charge in [-0.3, -0.25) is 4.79 Å². The first-order chi connectivity index (χ1) is 10.1. The van der Waals surface area contributed by atoms with E-state index in [1.54, 1.807) is 18.9 Å². The van der Waals surface area contributed by atoms with E-state index in [2.05, 4.69) is 6.58 Å². The monoisotopic (exact) mass is 281 g/mol. The molecule has 0 aliphatic rings. The summed E-state index contributed by atoms with van der Waals surface area (Å²) >= 11 is 0. The number of hydrogen-bond donors (Lipinski definition) is 0. The van der Waals surface area contributed by atoms with Crippen LogP contribution in [0.2, 0.25) is 0 Å². The van der Waals surface area contributed by atoms with Crippen LogP contribution in [-0.2, 0) is 11.3 Å². The van der Waals surface area contributed by atoms with Gasteiger partial charge in [-0.05, 0) is 35.4 Å². The lowest BCUT2D eigenvalue weighted by atomic mass is 10.1. The molecule has 2 rings (SSSR count). The number of benzene rings is 2. The first-order valence-electron chi connectivity index (χ1n) is 6.77. The quantitative estimate of drug-likeness (QED) is 0.836. The van der Waals surface area contributed by atoms with Crippen molar-refractivity contribution in [1.82, 2.24) is 4.90 Å². The molecule has 3 nitrogen and oxygen atoms in total. The van der Waals surface area contributed by atoms with Gasteiger partial charge >= 0.3 is 0 Å². The second-order valence-corrected chi connectivity index (χ2v) is 4.77. The Morgan fingerprint density at radius 2 is 1.71 bits per heavy atom. The molecule has 0 saturated carbocycles. The molecule has 2 aromatic rings. The topological polar surface area (TPSA) is 29.5 Å². The molecule has 0 aliphatic heterocycles. The normalized spacial score (nSPS) is 10.0. The Labute approximate surface area is 125 Å². The molecule has 0 unspecified atom stereocenters. The first kappa shape index (κ1) is 14.9. The summed E-state index contributed by atoms with van der Waals surface area (Å²) in [5.41, 5.74) is 2.67. The maximum absolute atomic E-state index is 11.9. The zero-order valence-electron chi connectivity index (χ0n) is 12.4. The Morgan fingerprint density at radius 1 is 1.10 bits per heavy atom. The van der Waals surface area contributed by atoms with Crippen LogP contribution in [0.1, 0.15) is 18.1 Å². The molecule has 108 valence electrons. The molecule has 0 bridgehead atoms. The van der Waals surface area contributed by atoms with E-state index in [1.807, 2.05) is 54.6 Å². The fourth-order valence-corrected chi connectivity index (χ4v) is 2.10. The molecule has 0 atom stereocenters. The van der Waals surface area contributed by atoms with Gasteiger partial charge < -0.3 is 9.64 Å². The molecule has 0 fully saturated rings. The van der Waals surface area contributed by atoms with E-state index in [1.165, 1.54) is 0 Å². The summed E-state index contributed by atoms with van der Waals surface area (Å²) in [6.07, 6.45) is 0. The molecule has 0 aromatic heterocycles. The highest BCUT2D eigenvalue weighted by atomic mass is 16.5. The highest BCUT2D eigenvalue weighted by Crippen LogP contribution is 2.22. The van der Waals surface area contributed by atoms with Crippen molar-refractivity contribution in [3.8, 4) is 5.75 Å². The Kier molecular flexibility index (Phi) is 4.77. The number of ether oxygens (including phenoxy) is 1. The maximum atomic E-state index is 11.9. The van der Waals surface area contributed by atoms with Crippen LogP contribution in [0, 0.1) is 0 Å². The molecule has 1 amide bonds. The average molecular weight is 281 g/mol. The minimum absolute atomic E-state index is 0.0281. The van der Waals surface area contributed by atoms with Crippen molar-refractivity contribution in [2.75, 3.05) is 7.11 Å². The molecule has 2 aromatic carbocycles. The molecular weight excluding hydrogens is 262 g/mol. The van der Waals surface area contributed by atoms with E-state index >= 15 is 0 Å². The molecule has 0 spiro atoms. The number of amides is 1. The lowest BCUT2D eigenvalue weighted by Crippen LogP contribution is -2.26. The van der Waals surface area contributed by atoms with E-state index in [9.17, 15) is 4.79 Å². The zero-order chi connectivity index (χ0) is 15.2. The van der Waals surface area contributed by atoms with Gasteiger partial charge in [0.2, 0.25) is 5.91 Å². The summed E-state index contributed by atoms with van der Waals surface area (Å²) in [6, 6.07) is 17.4. The van der Waals surface area contributed by atoms with E-state index in [-0.39, 0.29) is 5.91 Å². The third-order valence-corrected chi connectivity index (χ3v) is 3.31. The van der Waals surface area contributed by atoms with Crippen LogP contribution in [0.5, 0.6) is 5.75 Å². The van der Waals surface area contributed by atoms with Crippen LogP contribution in [0.25, 0.3) is 5.70 Å². The molecule has 0 heterocycles. The summed E-state index contributed by atoms with van der Waals surface area (Å²) in [7, 11) is 1.63. The van der Waals surface area contributed by atoms with Crippen molar-refractivity contribution in [2.45, 2.75) is 13.5 Å². The van der Waals surface area contributed by atoms with Gasteiger partial charge in [0.15, 0.2) is 0 Å². The second kappa shape index (κ2) is 6.75. The highest BCUT2D eigenvalue weighted by Gasteiger charge is 2.14. The lowest BCUT2D eigenvalue weighted by molar-refractivity contribution is -0.126. The van der Waals surface area contributed by atoms with Crippen LogP contribution in [0.3, 0.4) is 0 Å². The van der Waals surface area contributed by atoms with Gasteiger partial charge in [-0.1, -0.05) is 36.9 Å². The number of carbonyl (C=O) groups excluding carboxylic acids is 1. The fourth-order valence-electron chi connectivity index (χ4n) is 2.10. The second-order valence-electron chi connectivity index (χ2n) is 4.77. The summed E-state index contributed by atoms with van der Waals surface area (Å²) in [5.74, 6) is 0.753. The minimum Gasteiger partial charge on any atom is -0.497 e. The van der Waals surface area contributed by atoms with Crippen molar-refractivity contribution in [1.29, 1.82) is 0 Å². The van der Waals surface area contributed by atoms with Crippen LogP contribution in [-0.4, -0.2) is 17.9 Å². The zero-order valence-corrected chi connectivity index (χ0v) is 12.4. The molecule has 0 aliphatic carbocycles. The average Bonchev–Trinajstić information content (AvgIpc) is 2.53. The van der Waals surface area contributed by atoms with Crippen LogP contribution in [0.15, 0.2) is 61.2 Å². The van der Waals surface area contributed by atoms with Crippen molar-refractivity contribution in [3.05, 3.63) is 72.3 Å². The van der Waals surface area contributed by atoms with E-state index in [4.69, 9.17) is 4.74 Å². The van der Waals surface area contributed by atoms with E-state index in [0.717, 1.165) is 16.9 Å². The Balaban J connectivity index is 2.21. The standard InChI is InChI=1S/C18H19NO2/c1-14(17-9-11-18(21-3)12-10-17)19(15(2)20)13-16-7-5-4-6-8-16/h4-12H,1,13H2,2-3H3. The predicted octanol–water partition coefficient (Wildman–Crippen LogP) is 3.71. The molecule has 0 saturated heterocycles. The summed E-state index contributed by atoms with van der Waals surface area (Å²) in [6.45, 7) is 6.13. The summed E-state index contributed by atoms with van der Waals surface area (Å²) in [5, 5.41) is 0. The van der Waals surface area contributed by atoms with E-state index in [0.29, 0.717) is 12.2 Å². The first-order valence-corrected chi connectivity index (χ1v) is 6.77. The minimum atomic E-state index is -0.0281. The molecule has 0 N–H and O–H groups in total.